The van der Waals surface area contributed by atoms with Crippen LogP contribution in [0.2, 0.25) is 5.15 Å². The molecule has 0 spiro atoms. The molecule has 1 aromatic carbocycles. The molecule has 0 unspecified atom stereocenters. The average Bonchev–Trinajstić information content (AvgIpc) is 2.65. The van der Waals surface area contributed by atoms with Crippen LogP contribution in [0, 0.1) is 5.82 Å². The summed E-state index contributed by atoms with van der Waals surface area (Å²) < 4.78 is 13.8. The number of hydrogen-bond acceptors (Lipinski definition) is 3. The van der Waals surface area contributed by atoms with Crippen molar-refractivity contribution in [1.82, 2.24) is 4.98 Å². The third-order valence-electron chi connectivity index (χ3n) is 3.11. The van der Waals surface area contributed by atoms with Gasteiger partial charge in [-0.15, -0.1) is 0 Å². The fourth-order valence-corrected chi connectivity index (χ4v) is 2.67. The quantitative estimate of drug-likeness (QED) is 0.602. The van der Waals surface area contributed by atoms with E-state index in [1.165, 1.54) is 11.0 Å². The molecule has 2 heterocycles. The molecule has 4 nitrogen and oxygen atoms in total. The molecule has 7 heteroatoms. The summed E-state index contributed by atoms with van der Waals surface area (Å²) in [7, 11) is 0. The first-order valence-electron chi connectivity index (χ1n) is 5.94. The standard InChI is InChI=1S/C14H7BrClFN2O2/c15-9-4-8-11(5-10(9)17)19(14(21)13(8)20)6-7-2-1-3-12(16)18-7/h1-5H,6H2. The number of Topliss-reactive ketones (excluding diaryl/α,β-unsaturated/α-hetero) is 1. The van der Waals surface area contributed by atoms with Crippen LogP contribution in [-0.2, 0) is 11.3 Å². The number of benzene rings is 1. The molecule has 106 valence electrons. The molecule has 0 bridgehead atoms. The van der Waals surface area contributed by atoms with Crippen LogP contribution in [0.3, 0.4) is 0 Å². The number of hydrogen-bond donors (Lipinski definition) is 0. The Balaban J connectivity index is 2.03. The zero-order valence-electron chi connectivity index (χ0n) is 10.4. The van der Waals surface area contributed by atoms with Crippen LogP contribution in [0.1, 0.15) is 16.1 Å². The second-order valence-electron chi connectivity index (χ2n) is 4.46. The summed E-state index contributed by atoms with van der Waals surface area (Å²) in [5.74, 6) is -1.91. The van der Waals surface area contributed by atoms with Crippen LogP contribution in [0.5, 0.6) is 0 Å². The van der Waals surface area contributed by atoms with Crippen molar-refractivity contribution in [1.29, 1.82) is 0 Å². The molecule has 0 aliphatic carbocycles. The number of nitrogens with zero attached hydrogens (tertiary/aromatic N) is 2. The van der Waals surface area contributed by atoms with Crippen molar-refractivity contribution in [2.24, 2.45) is 0 Å². The topological polar surface area (TPSA) is 50.3 Å². The summed E-state index contributed by atoms with van der Waals surface area (Å²) in [4.78, 5) is 29.3. The number of ketones is 1. The van der Waals surface area contributed by atoms with E-state index in [0.717, 1.165) is 6.07 Å². The number of carbonyl (C=O) groups is 2. The number of anilines is 1. The van der Waals surface area contributed by atoms with E-state index in [1.54, 1.807) is 18.2 Å². The van der Waals surface area contributed by atoms with Crippen LogP contribution in [0.15, 0.2) is 34.8 Å². The normalized spacial score (nSPS) is 13.8. The summed E-state index contributed by atoms with van der Waals surface area (Å²) >= 11 is 8.80. The second-order valence-corrected chi connectivity index (χ2v) is 5.70. The van der Waals surface area contributed by atoms with Gasteiger partial charge in [0.25, 0.3) is 11.7 Å². The summed E-state index contributed by atoms with van der Waals surface area (Å²) in [6.07, 6.45) is 0. The van der Waals surface area contributed by atoms with Crippen LogP contribution >= 0.6 is 27.5 Å². The van der Waals surface area contributed by atoms with Gasteiger partial charge in [0.05, 0.1) is 28.0 Å². The Morgan fingerprint density at radius 3 is 2.76 bits per heavy atom. The van der Waals surface area contributed by atoms with E-state index in [1.807, 2.05) is 0 Å². The summed E-state index contributed by atoms with van der Waals surface area (Å²) in [6, 6.07) is 7.45. The van der Waals surface area contributed by atoms with Crippen molar-refractivity contribution in [3.05, 3.63) is 57.0 Å². The number of aromatic nitrogens is 1. The third kappa shape index (κ3) is 2.45. The summed E-state index contributed by atoms with van der Waals surface area (Å²) in [5.41, 5.74) is 0.933. The van der Waals surface area contributed by atoms with Crippen molar-refractivity contribution in [2.45, 2.75) is 6.54 Å². The summed E-state index contributed by atoms with van der Waals surface area (Å²) in [5, 5.41) is 0.285. The van der Waals surface area contributed by atoms with E-state index in [2.05, 4.69) is 20.9 Å². The Hall–Kier alpha value is -1.79. The first-order valence-corrected chi connectivity index (χ1v) is 7.11. The molecule has 3 rings (SSSR count). The molecule has 0 saturated carbocycles. The lowest BCUT2D eigenvalue weighted by Crippen LogP contribution is -2.29. The number of carbonyl (C=O) groups excluding carboxylic acids is 2. The van der Waals surface area contributed by atoms with Gasteiger partial charge in [-0.05, 0) is 40.2 Å². The molecule has 1 amide bonds. The Morgan fingerprint density at radius 1 is 1.29 bits per heavy atom. The number of fused-ring (bicyclic) bond motifs is 1. The first kappa shape index (κ1) is 14.2. The highest BCUT2D eigenvalue weighted by molar-refractivity contribution is 9.10. The van der Waals surface area contributed by atoms with Crippen LogP contribution in [0.25, 0.3) is 0 Å². The van der Waals surface area contributed by atoms with Gasteiger partial charge < -0.3 is 0 Å². The van der Waals surface area contributed by atoms with Crippen molar-refractivity contribution < 1.29 is 14.0 Å². The maximum atomic E-state index is 13.7. The van der Waals surface area contributed by atoms with E-state index < -0.39 is 17.5 Å². The van der Waals surface area contributed by atoms with Crippen molar-refractivity contribution in [3.63, 3.8) is 0 Å². The number of rotatable bonds is 2. The second kappa shape index (κ2) is 5.20. The van der Waals surface area contributed by atoms with E-state index in [0.29, 0.717) is 5.69 Å². The summed E-state index contributed by atoms with van der Waals surface area (Å²) in [6.45, 7) is 0.0548. The molecule has 0 N–H and O–H groups in total. The molecule has 2 aromatic rings. The van der Waals surface area contributed by atoms with Crippen LogP contribution in [0.4, 0.5) is 10.1 Å². The van der Waals surface area contributed by atoms with Gasteiger partial charge in [-0.3, -0.25) is 14.5 Å². The number of pyridine rings is 1. The highest BCUT2D eigenvalue weighted by atomic mass is 79.9. The molecule has 1 aliphatic heterocycles. The zero-order chi connectivity index (χ0) is 15.1. The van der Waals surface area contributed by atoms with Gasteiger partial charge in [-0.1, -0.05) is 17.7 Å². The van der Waals surface area contributed by atoms with Gasteiger partial charge >= 0.3 is 0 Å². The smallest absolute Gasteiger partial charge is 0.299 e. The molecule has 0 saturated heterocycles. The lowest BCUT2D eigenvalue weighted by atomic mass is 10.1. The first-order chi connectivity index (χ1) is 9.97. The average molecular weight is 370 g/mol. The van der Waals surface area contributed by atoms with E-state index in [-0.39, 0.29) is 27.4 Å². The maximum absolute atomic E-state index is 13.7. The Labute approximate surface area is 132 Å². The lowest BCUT2D eigenvalue weighted by molar-refractivity contribution is -0.114. The molecule has 0 atom stereocenters. The van der Waals surface area contributed by atoms with Crippen LogP contribution < -0.4 is 4.90 Å². The van der Waals surface area contributed by atoms with Crippen LogP contribution in [-0.4, -0.2) is 16.7 Å². The van der Waals surface area contributed by atoms with E-state index >= 15 is 0 Å². The fraction of sp³-hybridized carbons (Fsp3) is 0.0714. The molecule has 0 fully saturated rings. The van der Waals surface area contributed by atoms with Gasteiger partial charge in [0, 0.05) is 0 Å². The van der Waals surface area contributed by atoms with Gasteiger partial charge in [-0.2, -0.15) is 0 Å². The predicted molar refractivity (Wildman–Crippen MR) is 78.9 cm³/mol. The zero-order valence-corrected chi connectivity index (χ0v) is 12.8. The minimum atomic E-state index is -0.704. The van der Waals surface area contributed by atoms with Crippen molar-refractivity contribution in [3.8, 4) is 0 Å². The molecule has 21 heavy (non-hydrogen) atoms. The fourth-order valence-electron chi connectivity index (χ4n) is 2.15. The predicted octanol–water partition coefficient (Wildman–Crippen LogP) is 3.37. The molecule has 0 radical (unpaired) electrons. The Bertz CT molecular complexity index is 782. The molecule has 1 aromatic heterocycles. The Kier molecular flexibility index (Phi) is 3.51. The van der Waals surface area contributed by atoms with E-state index in [9.17, 15) is 14.0 Å². The largest absolute Gasteiger partial charge is 0.299 e. The number of amides is 1. The lowest BCUT2D eigenvalue weighted by Gasteiger charge is -2.16. The number of halogens is 3. The van der Waals surface area contributed by atoms with Crippen molar-refractivity contribution in [2.75, 3.05) is 4.90 Å². The molecular weight excluding hydrogens is 363 g/mol. The highest BCUT2D eigenvalue weighted by Gasteiger charge is 2.36. The monoisotopic (exact) mass is 368 g/mol. The SMILES string of the molecule is O=C1C(=O)N(Cc2cccc(Cl)n2)c2cc(F)c(Br)cc21. The molecular formula is C14H7BrClFN2O2. The Morgan fingerprint density at radius 2 is 2.05 bits per heavy atom. The van der Waals surface area contributed by atoms with Gasteiger partial charge in [-0.25, -0.2) is 9.37 Å². The third-order valence-corrected chi connectivity index (χ3v) is 3.92. The van der Waals surface area contributed by atoms with Gasteiger partial charge in [0.2, 0.25) is 0 Å². The minimum absolute atomic E-state index is 0.0548. The van der Waals surface area contributed by atoms with Gasteiger partial charge in [0.15, 0.2) is 0 Å². The minimum Gasteiger partial charge on any atom is -0.299 e. The maximum Gasteiger partial charge on any atom is 0.299 e. The van der Waals surface area contributed by atoms with E-state index in [4.69, 9.17) is 11.6 Å². The van der Waals surface area contributed by atoms with Crippen molar-refractivity contribution >= 4 is 44.9 Å². The van der Waals surface area contributed by atoms with Gasteiger partial charge in [0.1, 0.15) is 11.0 Å². The highest BCUT2D eigenvalue weighted by Crippen LogP contribution is 2.34. The molecule has 1 aliphatic rings.